The van der Waals surface area contributed by atoms with Crippen molar-refractivity contribution in [1.29, 1.82) is 0 Å². The third-order valence-electron chi connectivity index (χ3n) is 3.94. The van der Waals surface area contributed by atoms with Gasteiger partial charge in [-0.3, -0.25) is 9.59 Å². The third kappa shape index (κ3) is 2.03. The van der Waals surface area contributed by atoms with Crippen molar-refractivity contribution in [2.75, 3.05) is 4.90 Å². The number of nitrogens with zero attached hydrogens (tertiary/aromatic N) is 1. The first-order chi connectivity index (χ1) is 10.0. The van der Waals surface area contributed by atoms with E-state index < -0.39 is 35.4 Å². The van der Waals surface area contributed by atoms with Crippen molar-refractivity contribution in [1.82, 2.24) is 0 Å². The summed E-state index contributed by atoms with van der Waals surface area (Å²) in [5, 5.41) is 8.96. The maximum Gasteiger partial charge on any atom is 0.335 e. The van der Waals surface area contributed by atoms with Gasteiger partial charge in [-0.1, -0.05) is 12.2 Å². The van der Waals surface area contributed by atoms with E-state index in [2.05, 4.69) is 0 Å². The van der Waals surface area contributed by atoms with Crippen molar-refractivity contribution < 1.29 is 23.9 Å². The molecule has 2 unspecified atom stereocenters. The summed E-state index contributed by atoms with van der Waals surface area (Å²) in [6, 6.07) is 3.08. The number of aromatic carboxylic acids is 1. The lowest BCUT2D eigenvalue weighted by molar-refractivity contribution is -0.122. The van der Waals surface area contributed by atoms with E-state index in [0.717, 1.165) is 23.1 Å². The molecule has 1 fully saturated rings. The van der Waals surface area contributed by atoms with Crippen LogP contribution >= 0.6 is 0 Å². The molecule has 0 spiro atoms. The fraction of sp³-hybridized carbons (Fsp3) is 0.267. The topological polar surface area (TPSA) is 74.7 Å². The molecule has 1 aliphatic carbocycles. The van der Waals surface area contributed by atoms with Crippen molar-refractivity contribution in [3.8, 4) is 0 Å². The summed E-state index contributed by atoms with van der Waals surface area (Å²) < 4.78 is 14.0. The Morgan fingerprint density at radius 3 is 2.24 bits per heavy atom. The van der Waals surface area contributed by atoms with Gasteiger partial charge in [0.25, 0.3) is 0 Å². The van der Waals surface area contributed by atoms with Gasteiger partial charge in [-0.15, -0.1) is 0 Å². The van der Waals surface area contributed by atoms with Crippen molar-refractivity contribution in [3.63, 3.8) is 0 Å². The molecule has 6 heteroatoms. The smallest absolute Gasteiger partial charge is 0.335 e. The second-order valence-corrected chi connectivity index (χ2v) is 5.14. The number of allylic oxidation sites excluding steroid dienone is 2. The monoisotopic (exact) mass is 289 g/mol. The quantitative estimate of drug-likeness (QED) is 0.667. The zero-order chi connectivity index (χ0) is 15.1. The zero-order valence-corrected chi connectivity index (χ0v) is 11.0. The number of imide groups is 1. The molecule has 21 heavy (non-hydrogen) atoms. The molecule has 3 rings (SSSR count). The average molecular weight is 289 g/mol. The minimum atomic E-state index is -1.24. The number of rotatable bonds is 2. The molecule has 2 atom stereocenters. The van der Waals surface area contributed by atoms with Gasteiger partial charge in [-0.05, 0) is 31.0 Å². The molecule has 0 saturated carbocycles. The van der Waals surface area contributed by atoms with Crippen LogP contribution in [-0.2, 0) is 9.59 Å². The molecule has 1 aliphatic heterocycles. The molecule has 1 N–H and O–H groups in total. The SMILES string of the molecule is O=C(O)c1ccc(F)c(N2C(=O)C3CC=CCC3C2=O)c1. The molecule has 1 aromatic carbocycles. The summed E-state index contributed by atoms with van der Waals surface area (Å²) in [4.78, 5) is 36.5. The maximum atomic E-state index is 14.0. The highest BCUT2D eigenvalue weighted by Crippen LogP contribution is 2.38. The van der Waals surface area contributed by atoms with Gasteiger partial charge in [0.05, 0.1) is 23.1 Å². The molecule has 0 radical (unpaired) electrons. The Balaban J connectivity index is 2.05. The second-order valence-electron chi connectivity index (χ2n) is 5.14. The zero-order valence-electron chi connectivity index (χ0n) is 11.0. The van der Waals surface area contributed by atoms with Crippen LogP contribution in [0, 0.1) is 17.7 Å². The number of carboxylic acids is 1. The Kier molecular flexibility index (Phi) is 3.08. The second kappa shape index (κ2) is 4.80. The Labute approximate surface area is 119 Å². The highest BCUT2D eigenvalue weighted by Gasteiger charge is 2.48. The molecule has 108 valence electrons. The predicted molar refractivity (Wildman–Crippen MR) is 71.2 cm³/mol. The maximum absolute atomic E-state index is 14.0. The summed E-state index contributed by atoms with van der Waals surface area (Å²) in [6.45, 7) is 0. The van der Waals surface area contributed by atoms with Crippen molar-refractivity contribution in [3.05, 3.63) is 41.7 Å². The number of anilines is 1. The van der Waals surface area contributed by atoms with Gasteiger partial charge in [0.1, 0.15) is 5.82 Å². The summed E-state index contributed by atoms with van der Waals surface area (Å²) >= 11 is 0. The first kappa shape index (κ1) is 13.5. The molecule has 0 aromatic heterocycles. The van der Waals surface area contributed by atoms with Gasteiger partial charge in [0.2, 0.25) is 11.8 Å². The number of carbonyl (C=O) groups excluding carboxylic acids is 2. The molecule has 1 heterocycles. The molecule has 1 saturated heterocycles. The molecule has 2 amide bonds. The van der Waals surface area contributed by atoms with Crippen LogP contribution in [0.4, 0.5) is 10.1 Å². The van der Waals surface area contributed by atoms with Gasteiger partial charge in [-0.25, -0.2) is 14.1 Å². The lowest BCUT2D eigenvalue weighted by Gasteiger charge is -2.16. The average Bonchev–Trinajstić information content (AvgIpc) is 2.72. The summed E-state index contributed by atoms with van der Waals surface area (Å²) in [7, 11) is 0. The highest BCUT2D eigenvalue weighted by atomic mass is 19.1. The van der Waals surface area contributed by atoms with Crippen molar-refractivity contribution in [2.45, 2.75) is 12.8 Å². The van der Waals surface area contributed by atoms with E-state index in [9.17, 15) is 18.8 Å². The summed E-state index contributed by atoms with van der Waals surface area (Å²) in [5.41, 5.74) is -0.445. The van der Waals surface area contributed by atoms with Crippen molar-refractivity contribution in [2.24, 2.45) is 11.8 Å². The van der Waals surface area contributed by atoms with Gasteiger partial charge in [-0.2, -0.15) is 0 Å². The van der Waals surface area contributed by atoms with E-state index in [-0.39, 0.29) is 11.3 Å². The fourth-order valence-electron chi connectivity index (χ4n) is 2.85. The summed E-state index contributed by atoms with van der Waals surface area (Å²) in [6.07, 6.45) is 4.57. The van der Waals surface area contributed by atoms with Crippen LogP contribution in [0.15, 0.2) is 30.4 Å². The number of halogens is 1. The Bertz CT molecular complexity index is 656. The third-order valence-corrected chi connectivity index (χ3v) is 3.94. The van der Waals surface area contributed by atoms with E-state index in [4.69, 9.17) is 5.11 Å². The predicted octanol–water partition coefficient (Wildman–Crippen LogP) is 1.98. The van der Waals surface area contributed by atoms with E-state index >= 15 is 0 Å². The molecular weight excluding hydrogens is 277 g/mol. The number of hydrogen-bond acceptors (Lipinski definition) is 3. The number of hydrogen-bond donors (Lipinski definition) is 1. The van der Waals surface area contributed by atoms with Crippen LogP contribution in [-0.4, -0.2) is 22.9 Å². The van der Waals surface area contributed by atoms with E-state index in [1.165, 1.54) is 0 Å². The molecule has 5 nitrogen and oxygen atoms in total. The summed E-state index contributed by atoms with van der Waals surface area (Å²) in [5.74, 6) is -3.90. The number of benzene rings is 1. The minimum Gasteiger partial charge on any atom is -0.478 e. The Morgan fingerprint density at radius 1 is 1.14 bits per heavy atom. The lowest BCUT2D eigenvalue weighted by atomic mass is 9.85. The molecular formula is C15H12FNO4. The van der Waals surface area contributed by atoms with E-state index in [0.29, 0.717) is 12.8 Å². The minimum absolute atomic E-state index is 0.167. The van der Waals surface area contributed by atoms with Gasteiger partial charge in [0, 0.05) is 0 Å². The van der Waals surface area contributed by atoms with Crippen molar-refractivity contribution >= 4 is 23.5 Å². The van der Waals surface area contributed by atoms with Crippen LogP contribution in [0.25, 0.3) is 0 Å². The fourth-order valence-corrected chi connectivity index (χ4v) is 2.85. The van der Waals surface area contributed by atoms with Crippen LogP contribution < -0.4 is 4.90 Å². The van der Waals surface area contributed by atoms with Crippen LogP contribution in [0.3, 0.4) is 0 Å². The molecule has 1 aromatic rings. The lowest BCUT2D eigenvalue weighted by Crippen LogP contribution is -2.31. The first-order valence-corrected chi connectivity index (χ1v) is 6.56. The van der Waals surface area contributed by atoms with Crippen LogP contribution in [0.1, 0.15) is 23.2 Å². The van der Waals surface area contributed by atoms with E-state index in [1.54, 1.807) is 0 Å². The highest BCUT2D eigenvalue weighted by molar-refractivity contribution is 6.22. The standard InChI is InChI=1S/C15H12FNO4/c16-11-6-5-8(15(20)21)7-12(11)17-13(18)9-3-1-2-4-10(9)14(17)19/h1-2,5-7,9-10H,3-4H2,(H,20,21). The Hall–Kier alpha value is -2.50. The normalized spacial score (nSPS) is 24.3. The number of fused-ring (bicyclic) bond motifs is 1. The van der Waals surface area contributed by atoms with Crippen LogP contribution in [0.5, 0.6) is 0 Å². The van der Waals surface area contributed by atoms with Gasteiger partial charge in [0.15, 0.2) is 0 Å². The van der Waals surface area contributed by atoms with Gasteiger partial charge >= 0.3 is 5.97 Å². The van der Waals surface area contributed by atoms with E-state index in [1.807, 2.05) is 12.2 Å². The Morgan fingerprint density at radius 2 is 1.71 bits per heavy atom. The van der Waals surface area contributed by atoms with Crippen LogP contribution in [0.2, 0.25) is 0 Å². The first-order valence-electron chi connectivity index (χ1n) is 6.56. The molecule has 0 bridgehead atoms. The number of carboxylic acid groups (broad SMARTS) is 1. The molecule has 2 aliphatic rings. The van der Waals surface area contributed by atoms with Gasteiger partial charge < -0.3 is 5.11 Å². The number of amides is 2. The largest absolute Gasteiger partial charge is 0.478 e. The number of carbonyl (C=O) groups is 3.